The zero-order valence-corrected chi connectivity index (χ0v) is 7.42. The van der Waals surface area contributed by atoms with E-state index in [1.54, 1.807) is 6.20 Å². The molecule has 0 aromatic carbocycles. The monoisotopic (exact) mass is 177 g/mol. The van der Waals surface area contributed by atoms with E-state index in [0.717, 1.165) is 24.2 Å². The molecule has 0 amide bonds. The van der Waals surface area contributed by atoms with Crippen LogP contribution in [-0.2, 0) is 6.42 Å². The third-order valence-corrected chi connectivity index (χ3v) is 1.95. The summed E-state index contributed by atoms with van der Waals surface area (Å²) in [5.41, 5.74) is 1.19. The molecule has 0 atom stereocenters. The second-order valence-electron chi connectivity index (χ2n) is 3.00. The normalized spacial score (nSPS) is 10.8. The highest BCUT2D eigenvalue weighted by Crippen LogP contribution is 2.06. The highest BCUT2D eigenvalue weighted by atomic mass is 16.1. The van der Waals surface area contributed by atoms with Gasteiger partial charge in [-0.05, 0) is 12.5 Å². The topological polar surface area (TPSA) is 61.5 Å². The molecule has 2 rings (SSSR count). The zero-order valence-electron chi connectivity index (χ0n) is 7.42. The zero-order chi connectivity index (χ0) is 9.26. The van der Waals surface area contributed by atoms with Gasteiger partial charge in [-0.2, -0.15) is 0 Å². The quantitative estimate of drug-likeness (QED) is 0.724. The van der Waals surface area contributed by atoms with Crippen LogP contribution >= 0.6 is 0 Å². The fraction of sp³-hybridized carbons (Fsp3) is 0.333. The summed E-state index contributed by atoms with van der Waals surface area (Å²) in [6.45, 7) is 2.08. The van der Waals surface area contributed by atoms with Crippen LogP contribution in [0.2, 0.25) is 0 Å². The first-order valence-electron chi connectivity index (χ1n) is 4.37. The van der Waals surface area contributed by atoms with Crippen molar-refractivity contribution in [1.29, 1.82) is 0 Å². The van der Waals surface area contributed by atoms with Gasteiger partial charge < -0.3 is 9.97 Å². The summed E-state index contributed by atoms with van der Waals surface area (Å²) in [5, 5.41) is 0. The van der Waals surface area contributed by atoms with Gasteiger partial charge in [-0.15, -0.1) is 0 Å². The van der Waals surface area contributed by atoms with Crippen LogP contribution in [0.15, 0.2) is 17.1 Å². The number of imidazole rings is 1. The Morgan fingerprint density at radius 3 is 3.08 bits per heavy atom. The van der Waals surface area contributed by atoms with Crippen molar-refractivity contribution in [3.05, 3.63) is 28.4 Å². The van der Waals surface area contributed by atoms with E-state index in [1.165, 1.54) is 0 Å². The number of aromatic nitrogens is 3. The minimum Gasteiger partial charge on any atom is -0.342 e. The van der Waals surface area contributed by atoms with Crippen LogP contribution in [0.1, 0.15) is 19.2 Å². The molecule has 2 N–H and O–H groups in total. The highest BCUT2D eigenvalue weighted by molar-refractivity contribution is 5.73. The molecule has 0 fully saturated rings. The number of nitrogens with zero attached hydrogens (tertiary/aromatic N) is 1. The SMILES string of the molecule is CCCc1nc2c(=O)[nH]ccc2[nH]1. The van der Waals surface area contributed by atoms with Crippen molar-refractivity contribution >= 4 is 11.0 Å². The first kappa shape index (κ1) is 8.04. The van der Waals surface area contributed by atoms with Crippen molar-refractivity contribution < 1.29 is 0 Å². The average Bonchev–Trinajstić information content (AvgIpc) is 2.49. The molecular weight excluding hydrogens is 166 g/mol. The van der Waals surface area contributed by atoms with E-state index in [0.29, 0.717) is 5.52 Å². The maximum Gasteiger partial charge on any atom is 0.276 e. The van der Waals surface area contributed by atoms with Gasteiger partial charge in [0.1, 0.15) is 5.82 Å². The third-order valence-electron chi connectivity index (χ3n) is 1.95. The predicted molar refractivity (Wildman–Crippen MR) is 50.7 cm³/mol. The summed E-state index contributed by atoms with van der Waals surface area (Å²) in [7, 11) is 0. The molecule has 0 radical (unpaired) electrons. The molecule has 0 aliphatic heterocycles. The van der Waals surface area contributed by atoms with Crippen LogP contribution in [0.25, 0.3) is 11.0 Å². The number of hydrogen-bond donors (Lipinski definition) is 2. The molecule has 4 nitrogen and oxygen atoms in total. The Morgan fingerprint density at radius 2 is 2.38 bits per heavy atom. The Balaban J connectivity index is 2.62. The Hall–Kier alpha value is -1.58. The average molecular weight is 177 g/mol. The van der Waals surface area contributed by atoms with Gasteiger partial charge in [0.05, 0.1) is 5.52 Å². The molecule has 2 aromatic rings. The molecule has 0 saturated carbocycles. The Kier molecular flexibility index (Phi) is 1.88. The molecule has 2 aromatic heterocycles. The maximum atomic E-state index is 11.3. The van der Waals surface area contributed by atoms with Gasteiger partial charge in [0.15, 0.2) is 5.52 Å². The van der Waals surface area contributed by atoms with Crippen LogP contribution in [0.4, 0.5) is 0 Å². The lowest BCUT2D eigenvalue weighted by Gasteiger charge is -1.86. The minimum atomic E-state index is -0.129. The van der Waals surface area contributed by atoms with Crippen LogP contribution in [0.3, 0.4) is 0 Å². The summed E-state index contributed by atoms with van der Waals surface area (Å²) in [6.07, 6.45) is 3.53. The van der Waals surface area contributed by atoms with Crippen molar-refractivity contribution in [3.63, 3.8) is 0 Å². The first-order valence-corrected chi connectivity index (χ1v) is 4.37. The largest absolute Gasteiger partial charge is 0.342 e. The number of aromatic amines is 2. The maximum absolute atomic E-state index is 11.3. The predicted octanol–water partition coefficient (Wildman–Crippen LogP) is 1.20. The molecule has 13 heavy (non-hydrogen) atoms. The van der Waals surface area contributed by atoms with Gasteiger partial charge in [0.2, 0.25) is 0 Å². The van der Waals surface area contributed by atoms with E-state index in [2.05, 4.69) is 21.9 Å². The number of fused-ring (bicyclic) bond motifs is 1. The number of rotatable bonds is 2. The van der Waals surface area contributed by atoms with Crippen LogP contribution in [0, 0.1) is 0 Å². The van der Waals surface area contributed by atoms with E-state index < -0.39 is 0 Å². The van der Waals surface area contributed by atoms with Gasteiger partial charge in [0.25, 0.3) is 5.56 Å². The number of aryl methyl sites for hydroxylation is 1. The lowest BCUT2D eigenvalue weighted by atomic mass is 10.3. The van der Waals surface area contributed by atoms with Gasteiger partial charge in [-0.25, -0.2) is 4.98 Å². The smallest absolute Gasteiger partial charge is 0.276 e. The summed E-state index contributed by atoms with van der Waals surface area (Å²) < 4.78 is 0. The van der Waals surface area contributed by atoms with Crippen molar-refractivity contribution in [2.75, 3.05) is 0 Å². The number of pyridine rings is 1. The molecular formula is C9H11N3O. The highest BCUT2D eigenvalue weighted by Gasteiger charge is 2.03. The van der Waals surface area contributed by atoms with E-state index >= 15 is 0 Å². The molecule has 4 heteroatoms. The van der Waals surface area contributed by atoms with E-state index in [9.17, 15) is 4.79 Å². The molecule has 68 valence electrons. The van der Waals surface area contributed by atoms with Gasteiger partial charge in [0, 0.05) is 12.6 Å². The lowest BCUT2D eigenvalue weighted by molar-refractivity contribution is 0.861. The Morgan fingerprint density at radius 1 is 1.54 bits per heavy atom. The second kappa shape index (κ2) is 3.05. The minimum absolute atomic E-state index is 0.129. The van der Waals surface area contributed by atoms with Gasteiger partial charge in [-0.1, -0.05) is 6.92 Å². The van der Waals surface area contributed by atoms with Crippen LogP contribution in [0.5, 0.6) is 0 Å². The second-order valence-corrected chi connectivity index (χ2v) is 3.00. The van der Waals surface area contributed by atoms with Crippen molar-refractivity contribution in [2.24, 2.45) is 0 Å². The van der Waals surface area contributed by atoms with Crippen molar-refractivity contribution in [2.45, 2.75) is 19.8 Å². The Labute approximate surface area is 75.0 Å². The molecule has 2 heterocycles. The van der Waals surface area contributed by atoms with Gasteiger partial charge >= 0.3 is 0 Å². The third kappa shape index (κ3) is 1.35. The summed E-state index contributed by atoms with van der Waals surface area (Å²) in [5.74, 6) is 0.884. The molecule has 0 saturated heterocycles. The Bertz CT molecular complexity index is 469. The summed E-state index contributed by atoms with van der Waals surface area (Å²) in [6, 6.07) is 1.82. The molecule has 0 aliphatic rings. The lowest BCUT2D eigenvalue weighted by Crippen LogP contribution is -2.03. The number of nitrogens with one attached hydrogen (secondary N) is 2. The fourth-order valence-corrected chi connectivity index (χ4v) is 1.36. The molecule has 0 unspecified atom stereocenters. The first-order chi connectivity index (χ1) is 6.31. The molecule has 0 spiro atoms. The standard InChI is InChI=1S/C9H11N3O/c1-2-3-7-11-6-4-5-10-9(13)8(6)12-7/h4-5H,2-3H2,1H3,(H,10,13)(H,11,12). The van der Waals surface area contributed by atoms with Crippen LogP contribution < -0.4 is 5.56 Å². The van der Waals surface area contributed by atoms with Crippen LogP contribution in [-0.4, -0.2) is 15.0 Å². The van der Waals surface area contributed by atoms with E-state index in [-0.39, 0.29) is 5.56 Å². The number of H-pyrrole nitrogens is 2. The van der Waals surface area contributed by atoms with E-state index in [4.69, 9.17) is 0 Å². The molecule has 0 aliphatic carbocycles. The van der Waals surface area contributed by atoms with Crippen molar-refractivity contribution in [1.82, 2.24) is 15.0 Å². The fourth-order valence-electron chi connectivity index (χ4n) is 1.36. The molecule has 0 bridgehead atoms. The number of hydrogen-bond acceptors (Lipinski definition) is 2. The van der Waals surface area contributed by atoms with E-state index in [1.807, 2.05) is 6.07 Å². The summed E-state index contributed by atoms with van der Waals surface area (Å²) >= 11 is 0. The summed E-state index contributed by atoms with van der Waals surface area (Å²) in [4.78, 5) is 21.2. The van der Waals surface area contributed by atoms with Gasteiger partial charge in [-0.3, -0.25) is 4.79 Å². The van der Waals surface area contributed by atoms with Crippen molar-refractivity contribution in [3.8, 4) is 0 Å².